The molecule has 2 aliphatic rings. The lowest BCUT2D eigenvalue weighted by atomic mass is 9.70. The van der Waals surface area contributed by atoms with E-state index in [0.717, 1.165) is 23.5 Å². The SMILES string of the molecule is CC12CCC(/C(=C/N(O)c3ccccc3)C1=O)C2(C)C. The zero-order valence-corrected chi connectivity index (χ0v) is 12.3. The highest BCUT2D eigenvalue weighted by Gasteiger charge is 2.64. The van der Waals surface area contributed by atoms with Crippen molar-refractivity contribution in [3.63, 3.8) is 0 Å². The second kappa shape index (κ2) is 4.19. The van der Waals surface area contributed by atoms with Crippen LogP contribution >= 0.6 is 0 Å². The fraction of sp³-hybridized carbons (Fsp3) is 0.471. The van der Waals surface area contributed by atoms with E-state index in [1.165, 1.54) is 0 Å². The number of ketones is 1. The lowest BCUT2D eigenvalue weighted by Crippen LogP contribution is -2.32. The predicted octanol–water partition coefficient (Wildman–Crippen LogP) is 3.79. The highest BCUT2D eigenvalue weighted by atomic mass is 16.5. The van der Waals surface area contributed by atoms with Crippen molar-refractivity contribution in [3.05, 3.63) is 42.1 Å². The number of carbonyl (C=O) groups is 1. The highest BCUT2D eigenvalue weighted by Crippen LogP contribution is 2.65. The van der Waals surface area contributed by atoms with Gasteiger partial charge in [-0.25, -0.2) is 5.06 Å². The molecule has 0 saturated heterocycles. The highest BCUT2D eigenvalue weighted by molar-refractivity contribution is 6.04. The summed E-state index contributed by atoms with van der Waals surface area (Å²) >= 11 is 0. The Balaban J connectivity index is 1.96. The first-order valence-electron chi connectivity index (χ1n) is 7.17. The van der Waals surface area contributed by atoms with Crippen molar-refractivity contribution >= 4 is 11.5 Å². The van der Waals surface area contributed by atoms with Crippen LogP contribution in [0.15, 0.2) is 42.1 Å². The summed E-state index contributed by atoms with van der Waals surface area (Å²) < 4.78 is 0. The number of para-hydroxylation sites is 1. The monoisotopic (exact) mass is 271 g/mol. The summed E-state index contributed by atoms with van der Waals surface area (Å²) in [6.45, 7) is 6.42. The molecule has 2 unspecified atom stereocenters. The van der Waals surface area contributed by atoms with Gasteiger partial charge in [0.05, 0.1) is 5.69 Å². The van der Waals surface area contributed by atoms with E-state index in [0.29, 0.717) is 5.69 Å². The Bertz CT molecular complexity index is 576. The first-order chi connectivity index (χ1) is 9.38. The number of fused-ring (bicyclic) bond motifs is 2. The molecule has 0 aliphatic heterocycles. The Morgan fingerprint density at radius 2 is 1.90 bits per heavy atom. The van der Waals surface area contributed by atoms with E-state index >= 15 is 0 Å². The second-order valence-corrected chi connectivity index (χ2v) is 6.74. The minimum Gasteiger partial charge on any atom is -0.294 e. The largest absolute Gasteiger partial charge is 0.294 e. The Morgan fingerprint density at radius 3 is 2.45 bits per heavy atom. The molecule has 2 fully saturated rings. The molecule has 0 spiro atoms. The van der Waals surface area contributed by atoms with Crippen molar-refractivity contribution in [3.8, 4) is 0 Å². The Hall–Kier alpha value is -1.61. The van der Waals surface area contributed by atoms with E-state index in [9.17, 15) is 10.0 Å². The molecule has 3 nitrogen and oxygen atoms in total. The maximum absolute atomic E-state index is 12.7. The summed E-state index contributed by atoms with van der Waals surface area (Å²) in [4.78, 5) is 12.7. The number of hydroxylamine groups is 1. The van der Waals surface area contributed by atoms with Crippen LogP contribution < -0.4 is 5.06 Å². The van der Waals surface area contributed by atoms with Gasteiger partial charge in [-0.1, -0.05) is 39.0 Å². The van der Waals surface area contributed by atoms with Gasteiger partial charge in [0.25, 0.3) is 0 Å². The molecule has 20 heavy (non-hydrogen) atoms. The molecule has 3 heteroatoms. The summed E-state index contributed by atoms with van der Waals surface area (Å²) in [7, 11) is 0. The van der Waals surface area contributed by atoms with E-state index in [2.05, 4.69) is 20.8 Å². The first-order valence-corrected chi connectivity index (χ1v) is 7.17. The van der Waals surface area contributed by atoms with Crippen LogP contribution in [-0.2, 0) is 4.79 Å². The maximum Gasteiger partial charge on any atom is 0.167 e. The van der Waals surface area contributed by atoms with Gasteiger partial charge in [0.15, 0.2) is 5.78 Å². The van der Waals surface area contributed by atoms with Gasteiger partial charge >= 0.3 is 0 Å². The van der Waals surface area contributed by atoms with Crippen LogP contribution in [0.3, 0.4) is 0 Å². The first kappa shape index (κ1) is 13.4. The summed E-state index contributed by atoms with van der Waals surface area (Å²) in [5, 5.41) is 11.3. The molecule has 1 N–H and O–H groups in total. The third-order valence-electron chi connectivity index (χ3n) is 5.65. The molecule has 2 bridgehead atoms. The van der Waals surface area contributed by atoms with Crippen molar-refractivity contribution in [2.24, 2.45) is 16.7 Å². The molecule has 3 rings (SSSR count). The van der Waals surface area contributed by atoms with Crippen LogP contribution in [0.5, 0.6) is 0 Å². The predicted molar refractivity (Wildman–Crippen MR) is 78.4 cm³/mol. The normalized spacial score (nSPS) is 32.9. The van der Waals surface area contributed by atoms with Gasteiger partial charge in [0, 0.05) is 17.2 Å². The summed E-state index contributed by atoms with van der Waals surface area (Å²) in [5.41, 5.74) is 1.16. The standard InChI is InChI=1S/C17H21NO2/c1-16(2)14-9-10-17(16,3)15(19)13(14)11-18(20)12-7-5-4-6-8-12/h4-8,11,14,20H,9-10H2,1-3H3/b13-11-. The van der Waals surface area contributed by atoms with Crippen molar-refractivity contribution < 1.29 is 10.0 Å². The van der Waals surface area contributed by atoms with Crippen LogP contribution in [0, 0.1) is 16.7 Å². The molecule has 2 saturated carbocycles. The van der Waals surface area contributed by atoms with Gasteiger partial charge in [-0.3, -0.25) is 10.0 Å². The molecular weight excluding hydrogens is 250 g/mol. The van der Waals surface area contributed by atoms with E-state index in [1.807, 2.05) is 30.3 Å². The molecule has 0 heterocycles. The molecule has 106 valence electrons. The number of rotatable bonds is 2. The van der Waals surface area contributed by atoms with Gasteiger partial charge in [0.2, 0.25) is 0 Å². The quantitative estimate of drug-likeness (QED) is 0.657. The second-order valence-electron chi connectivity index (χ2n) is 6.74. The molecule has 0 amide bonds. The van der Waals surface area contributed by atoms with Gasteiger partial charge in [-0.05, 0) is 36.3 Å². The smallest absolute Gasteiger partial charge is 0.167 e. The molecule has 1 aromatic rings. The fourth-order valence-electron chi connectivity index (χ4n) is 3.86. The molecular formula is C17H21NO2. The lowest BCUT2D eigenvalue weighted by molar-refractivity contribution is -0.125. The van der Waals surface area contributed by atoms with Gasteiger partial charge in [0.1, 0.15) is 0 Å². The molecule has 2 atom stereocenters. The summed E-state index contributed by atoms with van der Waals surface area (Å²) in [6.07, 6.45) is 3.61. The van der Waals surface area contributed by atoms with E-state index in [1.54, 1.807) is 6.20 Å². The number of Topliss-reactive ketones (excluding diaryl/α,β-unsaturated/α-hetero) is 1. The number of hydrogen-bond donors (Lipinski definition) is 1. The minimum atomic E-state index is -0.277. The third-order valence-corrected chi connectivity index (χ3v) is 5.65. The minimum absolute atomic E-state index is 0.0204. The van der Waals surface area contributed by atoms with Crippen molar-refractivity contribution in [2.75, 3.05) is 5.06 Å². The maximum atomic E-state index is 12.7. The fourth-order valence-corrected chi connectivity index (χ4v) is 3.86. The van der Waals surface area contributed by atoms with Crippen molar-refractivity contribution in [1.29, 1.82) is 0 Å². The Kier molecular flexibility index (Phi) is 2.80. The number of carbonyl (C=O) groups excluding carboxylic acids is 1. The van der Waals surface area contributed by atoms with E-state index in [-0.39, 0.29) is 22.5 Å². The molecule has 0 radical (unpaired) electrons. The number of hydrogen-bond acceptors (Lipinski definition) is 3. The van der Waals surface area contributed by atoms with Crippen LogP contribution in [0.4, 0.5) is 5.69 Å². The van der Waals surface area contributed by atoms with Gasteiger partial charge < -0.3 is 0 Å². The summed E-state index contributed by atoms with van der Waals surface area (Å²) in [5.74, 6) is 0.451. The zero-order chi connectivity index (χ0) is 14.5. The Morgan fingerprint density at radius 1 is 1.25 bits per heavy atom. The average Bonchev–Trinajstić information content (AvgIpc) is 2.74. The van der Waals surface area contributed by atoms with Crippen LogP contribution in [0.1, 0.15) is 33.6 Å². The molecule has 2 aliphatic carbocycles. The van der Waals surface area contributed by atoms with E-state index < -0.39 is 0 Å². The number of anilines is 1. The topological polar surface area (TPSA) is 40.5 Å². The Labute approximate surface area is 119 Å². The number of benzene rings is 1. The van der Waals surface area contributed by atoms with Gasteiger partial charge in [-0.2, -0.15) is 0 Å². The lowest BCUT2D eigenvalue weighted by Gasteiger charge is -2.31. The van der Waals surface area contributed by atoms with Gasteiger partial charge in [-0.15, -0.1) is 0 Å². The van der Waals surface area contributed by atoms with Crippen LogP contribution in [0.25, 0.3) is 0 Å². The summed E-state index contributed by atoms with van der Waals surface area (Å²) in [6, 6.07) is 9.27. The van der Waals surface area contributed by atoms with E-state index in [4.69, 9.17) is 0 Å². The van der Waals surface area contributed by atoms with Crippen molar-refractivity contribution in [2.45, 2.75) is 33.6 Å². The van der Waals surface area contributed by atoms with Crippen molar-refractivity contribution in [1.82, 2.24) is 0 Å². The molecule has 0 aromatic heterocycles. The van der Waals surface area contributed by atoms with Crippen LogP contribution in [0.2, 0.25) is 0 Å². The number of nitrogens with zero attached hydrogens (tertiary/aromatic N) is 1. The van der Waals surface area contributed by atoms with Crippen LogP contribution in [-0.4, -0.2) is 11.0 Å². The zero-order valence-electron chi connectivity index (χ0n) is 12.3. The molecule has 1 aromatic carbocycles. The average molecular weight is 271 g/mol. The number of allylic oxidation sites excluding steroid dienone is 1. The third kappa shape index (κ3) is 1.59.